The van der Waals surface area contributed by atoms with Gasteiger partial charge in [0.2, 0.25) is 5.91 Å². The van der Waals surface area contributed by atoms with Crippen molar-refractivity contribution in [1.82, 2.24) is 25.5 Å². The lowest BCUT2D eigenvalue weighted by atomic mass is 10.2. The molecule has 3 aromatic rings. The number of halogens is 1. The van der Waals surface area contributed by atoms with Gasteiger partial charge in [0.05, 0.1) is 5.02 Å². The quantitative estimate of drug-likeness (QED) is 0.429. The molecule has 0 bridgehead atoms. The lowest BCUT2D eigenvalue weighted by molar-refractivity contribution is -0.136. The van der Waals surface area contributed by atoms with E-state index in [4.69, 9.17) is 16.0 Å². The second-order valence-corrected chi connectivity index (χ2v) is 7.62. The number of anilines is 1. The summed E-state index contributed by atoms with van der Waals surface area (Å²) in [4.78, 5) is 58.5. The molecule has 176 valence electrons. The number of aromatic nitrogens is 2. The average molecular weight is 485 g/mol. The average Bonchev–Trinajstić information content (AvgIpc) is 3.33. The number of carbonyl (C=O) groups excluding carboxylic acids is 4. The van der Waals surface area contributed by atoms with Gasteiger partial charge in [0.25, 0.3) is 5.91 Å². The third-order valence-corrected chi connectivity index (χ3v) is 4.70. The van der Waals surface area contributed by atoms with E-state index in [0.717, 1.165) is 5.56 Å². The Kier molecular flexibility index (Phi) is 7.93. The van der Waals surface area contributed by atoms with Crippen LogP contribution < -0.4 is 16.0 Å². The van der Waals surface area contributed by atoms with Crippen molar-refractivity contribution >= 4 is 41.0 Å². The van der Waals surface area contributed by atoms with Crippen LogP contribution in [0.4, 0.5) is 5.82 Å². The summed E-state index contributed by atoms with van der Waals surface area (Å²) in [5.74, 6) is -2.61. The van der Waals surface area contributed by atoms with Crippen LogP contribution in [0, 0.1) is 0 Å². The molecule has 3 heterocycles. The Morgan fingerprint density at radius 1 is 1.03 bits per heavy atom. The number of likely N-dealkylation sites (N-methyl/N-ethyl adjacent to an activating group) is 1. The molecule has 0 aromatic carbocycles. The highest BCUT2D eigenvalue weighted by atomic mass is 35.5. The Labute approximate surface area is 199 Å². The first-order valence-electron chi connectivity index (χ1n) is 9.97. The normalized spacial score (nSPS) is 11.3. The molecule has 11 nitrogen and oxygen atoms in total. The smallest absolute Gasteiger partial charge is 0.314 e. The van der Waals surface area contributed by atoms with E-state index in [1.807, 2.05) is 0 Å². The Morgan fingerprint density at radius 3 is 2.41 bits per heavy atom. The second-order valence-electron chi connectivity index (χ2n) is 7.18. The number of carbonyl (C=O) groups is 4. The Morgan fingerprint density at radius 2 is 1.76 bits per heavy atom. The van der Waals surface area contributed by atoms with Crippen molar-refractivity contribution in [3.63, 3.8) is 0 Å². The van der Waals surface area contributed by atoms with Gasteiger partial charge in [0, 0.05) is 44.8 Å². The van der Waals surface area contributed by atoms with E-state index < -0.39 is 29.7 Å². The molecule has 0 radical (unpaired) electrons. The molecular weight excluding hydrogens is 464 g/mol. The minimum absolute atomic E-state index is 0.0266. The molecule has 3 rings (SSSR count). The fourth-order valence-corrected chi connectivity index (χ4v) is 2.88. The van der Waals surface area contributed by atoms with Crippen LogP contribution in [-0.4, -0.2) is 65.2 Å². The van der Waals surface area contributed by atoms with Crippen LogP contribution in [0.1, 0.15) is 10.6 Å². The summed E-state index contributed by atoms with van der Waals surface area (Å²) in [6, 6.07) is 8.30. The van der Waals surface area contributed by atoms with Crippen LogP contribution in [-0.2, 0) is 14.4 Å². The van der Waals surface area contributed by atoms with Gasteiger partial charge in [0.1, 0.15) is 17.6 Å². The predicted octanol–water partition coefficient (Wildman–Crippen LogP) is 1.33. The zero-order chi connectivity index (χ0) is 24.7. The van der Waals surface area contributed by atoms with E-state index in [0.29, 0.717) is 10.8 Å². The van der Waals surface area contributed by atoms with Crippen LogP contribution in [0.2, 0.25) is 5.02 Å². The van der Waals surface area contributed by atoms with E-state index in [2.05, 4.69) is 25.9 Å². The molecule has 0 saturated carbocycles. The minimum atomic E-state index is -1.15. The van der Waals surface area contributed by atoms with E-state index in [1.54, 1.807) is 30.6 Å². The summed E-state index contributed by atoms with van der Waals surface area (Å²) >= 11 is 5.73. The van der Waals surface area contributed by atoms with Crippen molar-refractivity contribution in [2.75, 3.05) is 26.0 Å². The van der Waals surface area contributed by atoms with Crippen molar-refractivity contribution in [2.24, 2.45) is 0 Å². The number of furan rings is 1. The van der Waals surface area contributed by atoms with Gasteiger partial charge < -0.3 is 25.3 Å². The molecule has 3 N–H and O–H groups in total. The largest absolute Gasteiger partial charge is 0.451 e. The van der Waals surface area contributed by atoms with Crippen LogP contribution in [0.25, 0.3) is 11.3 Å². The summed E-state index contributed by atoms with van der Waals surface area (Å²) in [6.45, 7) is -0.332. The van der Waals surface area contributed by atoms with Gasteiger partial charge in [0.15, 0.2) is 5.76 Å². The van der Waals surface area contributed by atoms with Gasteiger partial charge in [-0.3, -0.25) is 24.2 Å². The molecule has 0 spiro atoms. The molecule has 0 aliphatic carbocycles. The number of hydrogen-bond acceptors (Lipinski definition) is 7. The molecule has 3 aromatic heterocycles. The van der Waals surface area contributed by atoms with Crippen LogP contribution >= 0.6 is 11.6 Å². The maximum absolute atomic E-state index is 12.7. The van der Waals surface area contributed by atoms with Crippen molar-refractivity contribution < 1.29 is 23.6 Å². The number of hydrogen-bond donors (Lipinski definition) is 3. The first kappa shape index (κ1) is 24.4. The second kappa shape index (κ2) is 11.1. The van der Waals surface area contributed by atoms with E-state index in [9.17, 15) is 19.2 Å². The minimum Gasteiger partial charge on any atom is -0.451 e. The van der Waals surface area contributed by atoms with Crippen molar-refractivity contribution in [2.45, 2.75) is 6.04 Å². The van der Waals surface area contributed by atoms with Gasteiger partial charge >= 0.3 is 11.8 Å². The molecule has 34 heavy (non-hydrogen) atoms. The SMILES string of the molecule is CN(C)C(=O)C(CNC(=O)C(=O)Nc1ccc(Cl)cn1)NC(=O)c1ccc(-c2ccncc2)o1. The molecular formula is C22H21ClN6O5. The van der Waals surface area contributed by atoms with Crippen molar-refractivity contribution in [3.8, 4) is 11.3 Å². The molecule has 12 heteroatoms. The molecule has 1 atom stereocenters. The molecule has 1 unspecified atom stereocenters. The Hall–Kier alpha value is -4.25. The maximum Gasteiger partial charge on any atom is 0.314 e. The Bertz CT molecular complexity index is 1180. The third kappa shape index (κ3) is 6.39. The lowest BCUT2D eigenvalue weighted by Crippen LogP contribution is -2.53. The van der Waals surface area contributed by atoms with E-state index in [1.165, 1.54) is 43.4 Å². The fourth-order valence-electron chi connectivity index (χ4n) is 2.77. The lowest BCUT2D eigenvalue weighted by Gasteiger charge is -2.21. The number of nitrogens with zero attached hydrogens (tertiary/aromatic N) is 3. The molecule has 0 saturated heterocycles. The number of amides is 4. The molecule has 0 fully saturated rings. The van der Waals surface area contributed by atoms with Gasteiger partial charge in [-0.15, -0.1) is 0 Å². The highest BCUT2D eigenvalue weighted by Crippen LogP contribution is 2.21. The molecule has 4 amide bonds. The number of pyridine rings is 2. The van der Waals surface area contributed by atoms with Crippen LogP contribution in [0.3, 0.4) is 0 Å². The van der Waals surface area contributed by atoms with Gasteiger partial charge in [-0.25, -0.2) is 4.98 Å². The summed E-state index contributed by atoms with van der Waals surface area (Å²) < 4.78 is 5.58. The summed E-state index contributed by atoms with van der Waals surface area (Å²) in [5.41, 5.74) is 0.725. The van der Waals surface area contributed by atoms with E-state index >= 15 is 0 Å². The first-order chi connectivity index (χ1) is 16.2. The van der Waals surface area contributed by atoms with E-state index in [-0.39, 0.29) is 18.1 Å². The van der Waals surface area contributed by atoms with Crippen molar-refractivity contribution in [1.29, 1.82) is 0 Å². The highest BCUT2D eigenvalue weighted by molar-refractivity contribution is 6.39. The van der Waals surface area contributed by atoms with Gasteiger partial charge in [-0.1, -0.05) is 11.6 Å². The van der Waals surface area contributed by atoms with Crippen molar-refractivity contribution in [3.05, 3.63) is 65.8 Å². The summed E-state index contributed by atoms with van der Waals surface area (Å²) in [7, 11) is 2.99. The zero-order valence-electron chi connectivity index (χ0n) is 18.2. The molecule has 0 aliphatic rings. The molecule has 0 aliphatic heterocycles. The predicted molar refractivity (Wildman–Crippen MR) is 123 cm³/mol. The third-order valence-electron chi connectivity index (χ3n) is 4.48. The fraction of sp³-hybridized carbons (Fsp3) is 0.182. The topological polar surface area (TPSA) is 147 Å². The summed E-state index contributed by atoms with van der Waals surface area (Å²) in [5, 5.41) is 7.53. The monoisotopic (exact) mass is 484 g/mol. The Balaban J connectivity index is 1.63. The van der Waals surface area contributed by atoms with Crippen LogP contribution in [0.5, 0.6) is 0 Å². The first-order valence-corrected chi connectivity index (χ1v) is 10.4. The van der Waals surface area contributed by atoms with Gasteiger partial charge in [-0.05, 0) is 36.4 Å². The zero-order valence-corrected chi connectivity index (χ0v) is 19.0. The highest BCUT2D eigenvalue weighted by Gasteiger charge is 2.26. The maximum atomic E-state index is 12.7. The standard InChI is InChI=1S/C22H21ClN6O5/c1-29(2)22(33)15(12-26-20(31)21(32)28-18-6-3-14(23)11-25-18)27-19(30)17-5-4-16(34-17)13-7-9-24-10-8-13/h3-11,15H,12H2,1-2H3,(H,26,31)(H,27,30)(H,25,28,32). The van der Waals surface area contributed by atoms with Crippen LogP contribution in [0.15, 0.2) is 59.4 Å². The number of rotatable bonds is 7. The van der Waals surface area contributed by atoms with Gasteiger partial charge in [-0.2, -0.15) is 0 Å². The number of nitrogens with one attached hydrogen (secondary N) is 3. The summed E-state index contributed by atoms with van der Waals surface area (Å²) in [6.07, 6.45) is 4.49.